The second-order valence-electron chi connectivity index (χ2n) is 6.31. The van der Waals surface area contributed by atoms with Gasteiger partial charge in [-0.3, -0.25) is 4.79 Å². The molecule has 2 aromatic rings. The Morgan fingerprint density at radius 2 is 2.00 bits per heavy atom. The van der Waals surface area contributed by atoms with E-state index < -0.39 is 5.91 Å². The van der Waals surface area contributed by atoms with Crippen LogP contribution in [0.15, 0.2) is 41.5 Å². The van der Waals surface area contributed by atoms with Gasteiger partial charge in [0, 0.05) is 11.1 Å². The Balaban J connectivity index is 2.03. The molecule has 0 bridgehead atoms. The molecule has 3 N–H and O–H groups in total. The summed E-state index contributed by atoms with van der Waals surface area (Å²) < 4.78 is 11.0. The molecule has 0 aliphatic heterocycles. The largest absolute Gasteiger partial charge is 0.504 e. The molecule has 7 nitrogen and oxygen atoms in total. The molecule has 144 valence electrons. The monoisotopic (exact) mass is 372 g/mol. The summed E-state index contributed by atoms with van der Waals surface area (Å²) in [6, 6.07) is 9.32. The van der Waals surface area contributed by atoms with E-state index in [0.29, 0.717) is 29.6 Å². The summed E-state index contributed by atoms with van der Waals surface area (Å²) >= 11 is 0. The molecule has 0 saturated carbocycles. The Hall–Kier alpha value is -3.22. The molecule has 0 heterocycles. The first kappa shape index (κ1) is 20.1. The fourth-order valence-electron chi connectivity index (χ4n) is 2.21. The van der Waals surface area contributed by atoms with E-state index in [1.54, 1.807) is 30.3 Å². The van der Waals surface area contributed by atoms with Gasteiger partial charge in [-0.05, 0) is 42.7 Å². The lowest BCUT2D eigenvalue weighted by molar-refractivity contribution is 0.0954. The molecule has 7 heteroatoms. The zero-order valence-corrected chi connectivity index (χ0v) is 15.6. The molecule has 0 spiro atoms. The minimum atomic E-state index is -0.446. The SMILES string of the molecule is COc1cc(C(=O)N/N=C/c2cccc(O)c2O)ccc1OCCC(C)C. The lowest BCUT2D eigenvalue weighted by atomic mass is 10.1. The molecule has 2 aromatic carbocycles. The molecule has 27 heavy (non-hydrogen) atoms. The zero-order valence-electron chi connectivity index (χ0n) is 15.6. The van der Waals surface area contributed by atoms with Gasteiger partial charge in [0.15, 0.2) is 23.0 Å². The van der Waals surface area contributed by atoms with E-state index in [9.17, 15) is 15.0 Å². The van der Waals surface area contributed by atoms with Gasteiger partial charge in [-0.15, -0.1) is 0 Å². The Bertz CT molecular complexity index is 818. The zero-order chi connectivity index (χ0) is 19.8. The number of phenolic OH excluding ortho intramolecular Hbond substituents is 2. The maximum Gasteiger partial charge on any atom is 0.271 e. The van der Waals surface area contributed by atoms with Crippen LogP contribution in [-0.4, -0.2) is 36.1 Å². The molecule has 0 unspecified atom stereocenters. The molecular formula is C20H24N2O5. The van der Waals surface area contributed by atoms with Crippen molar-refractivity contribution in [2.75, 3.05) is 13.7 Å². The number of para-hydroxylation sites is 1. The third-order valence-electron chi connectivity index (χ3n) is 3.79. The second kappa shape index (κ2) is 9.47. The fraction of sp³-hybridized carbons (Fsp3) is 0.300. The number of benzene rings is 2. The Morgan fingerprint density at radius 3 is 2.70 bits per heavy atom. The average molecular weight is 372 g/mol. The van der Waals surface area contributed by atoms with Gasteiger partial charge < -0.3 is 19.7 Å². The first-order chi connectivity index (χ1) is 12.9. The smallest absolute Gasteiger partial charge is 0.271 e. The molecule has 0 radical (unpaired) electrons. The van der Waals surface area contributed by atoms with Crippen LogP contribution in [0.3, 0.4) is 0 Å². The van der Waals surface area contributed by atoms with E-state index in [1.165, 1.54) is 19.4 Å². The Morgan fingerprint density at radius 1 is 1.22 bits per heavy atom. The van der Waals surface area contributed by atoms with Crippen LogP contribution in [0, 0.1) is 5.92 Å². The third kappa shape index (κ3) is 5.64. The molecule has 2 rings (SSSR count). The summed E-state index contributed by atoms with van der Waals surface area (Å²) in [5, 5.41) is 22.9. The number of nitrogens with zero attached hydrogens (tertiary/aromatic N) is 1. The number of nitrogens with one attached hydrogen (secondary N) is 1. The Kier molecular flexibility index (Phi) is 7.05. The first-order valence-electron chi connectivity index (χ1n) is 8.57. The van der Waals surface area contributed by atoms with E-state index in [1.807, 2.05) is 0 Å². The lowest BCUT2D eigenvalue weighted by Crippen LogP contribution is -2.17. The minimum absolute atomic E-state index is 0.261. The van der Waals surface area contributed by atoms with Crippen molar-refractivity contribution in [1.82, 2.24) is 5.43 Å². The van der Waals surface area contributed by atoms with Crippen molar-refractivity contribution < 1.29 is 24.5 Å². The maximum atomic E-state index is 12.2. The number of rotatable bonds is 8. The second-order valence-corrected chi connectivity index (χ2v) is 6.31. The molecule has 0 aliphatic carbocycles. The van der Waals surface area contributed by atoms with Crippen molar-refractivity contribution >= 4 is 12.1 Å². The van der Waals surface area contributed by atoms with Crippen LogP contribution in [-0.2, 0) is 0 Å². The van der Waals surface area contributed by atoms with E-state index in [0.717, 1.165) is 6.42 Å². The normalized spacial score (nSPS) is 11.0. The minimum Gasteiger partial charge on any atom is -0.504 e. The molecule has 0 aliphatic rings. The third-order valence-corrected chi connectivity index (χ3v) is 3.79. The van der Waals surface area contributed by atoms with Gasteiger partial charge in [-0.2, -0.15) is 5.10 Å². The van der Waals surface area contributed by atoms with Crippen LogP contribution in [0.5, 0.6) is 23.0 Å². The highest BCUT2D eigenvalue weighted by Gasteiger charge is 2.11. The molecule has 1 amide bonds. The standard InChI is InChI=1S/C20H24N2O5/c1-13(2)9-10-27-17-8-7-14(11-18(17)26-3)20(25)22-21-12-15-5-4-6-16(23)19(15)24/h4-8,11-13,23-24H,9-10H2,1-3H3,(H,22,25)/b21-12+. The van der Waals surface area contributed by atoms with Crippen LogP contribution in [0.4, 0.5) is 0 Å². The highest BCUT2D eigenvalue weighted by Crippen LogP contribution is 2.29. The van der Waals surface area contributed by atoms with E-state index >= 15 is 0 Å². The summed E-state index contributed by atoms with van der Waals surface area (Å²) in [6.07, 6.45) is 2.16. The van der Waals surface area contributed by atoms with Crippen LogP contribution >= 0.6 is 0 Å². The average Bonchev–Trinajstić information content (AvgIpc) is 2.65. The number of hydrogen-bond acceptors (Lipinski definition) is 6. The highest BCUT2D eigenvalue weighted by atomic mass is 16.5. The predicted molar refractivity (Wildman–Crippen MR) is 103 cm³/mol. The number of methoxy groups -OCH3 is 1. The summed E-state index contributed by atoms with van der Waals surface area (Å²) in [5.41, 5.74) is 2.99. The van der Waals surface area contributed by atoms with Gasteiger partial charge in [0.2, 0.25) is 0 Å². The highest BCUT2D eigenvalue weighted by molar-refractivity contribution is 5.95. The van der Waals surface area contributed by atoms with Gasteiger partial charge >= 0.3 is 0 Å². The van der Waals surface area contributed by atoms with Crippen LogP contribution in [0.25, 0.3) is 0 Å². The molecular weight excluding hydrogens is 348 g/mol. The summed E-state index contributed by atoms with van der Waals surface area (Å²) in [7, 11) is 1.51. The predicted octanol–water partition coefficient (Wildman–Crippen LogP) is 3.30. The summed E-state index contributed by atoms with van der Waals surface area (Å²) in [6.45, 7) is 4.80. The first-order valence-corrected chi connectivity index (χ1v) is 8.57. The lowest BCUT2D eigenvalue weighted by Gasteiger charge is -2.12. The number of carbonyl (C=O) groups is 1. The number of ether oxygens (including phenoxy) is 2. The quantitative estimate of drug-likeness (QED) is 0.375. The van der Waals surface area contributed by atoms with Crippen LogP contribution in [0.1, 0.15) is 36.2 Å². The van der Waals surface area contributed by atoms with Crippen molar-refractivity contribution in [1.29, 1.82) is 0 Å². The van der Waals surface area contributed by atoms with Gasteiger partial charge in [0.25, 0.3) is 5.91 Å². The van der Waals surface area contributed by atoms with Crippen molar-refractivity contribution in [3.63, 3.8) is 0 Å². The number of amides is 1. The van der Waals surface area contributed by atoms with E-state index in [-0.39, 0.29) is 17.1 Å². The summed E-state index contributed by atoms with van der Waals surface area (Å²) in [5.74, 6) is 0.551. The van der Waals surface area contributed by atoms with Gasteiger partial charge in [-0.1, -0.05) is 19.9 Å². The number of phenols is 2. The molecule has 0 fully saturated rings. The van der Waals surface area contributed by atoms with Crippen molar-refractivity contribution in [3.8, 4) is 23.0 Å². The maximum absolute atomic E-state index is 12.2. The van der Waals surface area contributed by atoms with Crippen molar-refractivity contribution in [2.24, 2.45) is 11.0 Å². The van der Waals surface area contributed by atoms with E-state index in [4.69, 9.17) is 9.47 Å². The van der Waals surface area contributed by atoms with Crippen molar-refractivity contribution in [2.45, 2.75) is 20.3 Å². The number of aromatic hydroxyl groups is 2. The number of carbonyl (C=O) groups excluding carboxylic acids is 1. The molecule has 0 aromatic heterocycles. The van der Waals surface area contributed by atoms with Crippen molar-refractivity contribution in [3.05, 3.63) is 47.5 Å². The van der Waals surface area contributed by atoms with Gasteiger partial charge in [0.1, 0.15) is 0 Å². The number of hydrazone groups is 1. The van der Waals surface area contributed by atoms with Gasteiger partial charge in [0.05, 0.1) is 19.9 Å². The molecule has 0 atom stereocenters. The van der Waals surface area contributed by atoms with E-state index in [2.05, 4.69) is 24.4 Å². The fourth-order valence-corrected chi connectivity index (χ4v) is 2.21. The van der Waals surface area contributed by atoms with Crippen LogP contribution in [0.2, 0.25) is 0 Å². The molecule has 0 saturated heterocycles. The Labute approximate surface area is 158 Å². The van der Waals surface area contributed by atoms with Gasteiger partial charge in [-0.25, -0.2) is 5.43 Å². The van der Waals surface area contributed by atoms with Crippen LogP contribution < -0.4 is 14.9 Å². The summed E-state index contributed by atoms with van der Waals surface area (Å²) in [4.78, 5) is 12.2. The number of hydrogen-bond donors (Lipinski definition) is 3. The topological polar surface area (TPSA) is 100 Å².